The molecule has 2 aliphatic rings. The van der Waals surface area contributed by atoms with Crippen molar-refractivity contribution in [3.8, 4) is 0 Å². The third-order valence-corrected chi connectivity index (χ3v) is 5.81. The molecule has 3 amide bonds. The third kappa shape index (κ3) is 2.32. The zero-order valence-electron chi connectivity index (χ0n) is 10.7. The molecular weight excluding hydrogens is 364 g/mol. The lowest BCUT2D eigenvalue weighted by atomic mass is 10.00. The van der Waals surface area contributed by atoms with Crippen LogP contribution in [0.2, 0.25) is 0 Å². The molecule has 8 nitrogen and oxygen atoms in total. The number of aromatic nitrogens is 1. The van der Waals surface area contributed by atoms with E-state index in [1.807, 2.05) is 0 Å². The molecule has 1 aromatic rings. The largest absolute Gasteiger partial charge is 0.322 e. The first-order valence-electron chi connectivity index (χ1n) is 6.08. The van der Waals surface area contributed by atoms with E-state index in [-0.39, 0.29) is 24.4 Å². The molecule has 2 N–H and O–H groups in total. The number of hydrogen-bond donors (Lipinski definition) is 2. The lowest BCUT2D eigenvalue weighted by Gasteiger charge is -2.20. The summed E-state index contributed by atoms with van der Waals surface area (Å²) in [4.78, 5) is 27.0. The second kappa shape index (κ2) is 4.75. The van der Waals surface area contributed by atoms with Gasteiger partial charge in [0.2, 0.25) is 10.0 Å². The Kier molecular flexibility index (Phi) is 3.26. The van der Waals surface area contributed by atoms with Gasteiger partial charge in [-0.15, -0.1) is 0 Å². The molecule has 21 heavy (non-hydrogen) atoms. The zero-order valence-corrected chi connectivity index (χ0v) is 13.1. The van der Waals surface area contributed by atoms with Crippen LogP contribution in [0.3, 0.4) is 0 Å². The topological polar surface area (TPSA) is 108 Å². The van der Waals surface area contributed by atoms with E-state index in [0.29, 0.717) is 4.47 Å². The maximum atomic E-state index is 12.5. The van der Waals surface area contributed by atoms with Crippen molar-refractivity contribution in [1.29, 1.82) is 0 Å². The average Bonchev–Trinajstić information content (AvgIpc) is 2.95. The Hall–Kier alpha value is -1.52. The molecule has 3 heterocycles. The van der Waals surface area contributed by atoms with Crippen LogP contribution in [-0.2, 0) is 14.8 Å². The quantitative estimate of drug-likeness (QED) is 0.697. The van der Waals surface area contributed by atoms with Crippen molar-refractivity contribution in [2.45, 2.75) is 16.9 Å². The fourth-order valence-corrected chi connectivity index (χ4v) is 4.48. The summed E-state index contributed by atoms with van der Waals surface area (Å²) in [5.74, 6) is -0.488. The molecule has 0 radical (unpaired) electrons. The fraction of sp³-hybridized carbons (Fsp3) is 0.364. The summed E-state index contributed by atoms with van der Waals surface area (Å²) in [5, 5.41) is 4.65. The lowest BCUT2D eigenvalue weighted by molar-refractivity contribution is -0.123. The van der Waals surface area contributed by atoms with E-state index in [1.165, 1.54) is 22.8 Å². The summed E-state index contributed by atoms with van der Waals surface area (Å²) in [6, 6.07) is 0.851. The number of nitrogens with zero attached hydrogens (tertiary/aromatic N) is 2. The zero-order chi connectivity index (χ0) is 15.3. The number of hydrogen-bond acceptors (Lipinski definition) is 5. The van der Waals surface area contributed by atoms with Gasteiger partial charge in [-0.3, -0.25) is 15.1 Å². The Morgan fingerprint density at radius 2 is 2.10 bits per heavy atom. The monoisotopic (exact) mass is 374 g/mol. The predicted molar refractivity (Wildman–Crippen MR) is 74.7 cm³/mol. The molecule has 0 aromatic carbocycles. The van der Waals surface area contributed by atoms with Gasteiger partial charge in [0, 0.05) is 30.0 Å². The van der Waals surface area contributed by atoms with E-state index in [0.717, 1.165) is 0 Å². The smallest absolute Gasteiger partial charge is 0.322 e. The molecule has 1 spiro atoms. The van der Waals surface area contributed by atoms with Crippen LogP contribution in [0.25, 0.3) is 0 Å². The van der Waals surface area contributed by atoms with Crippen molar-refractivity contribution in [2.75, 3.05) is 13.1 Å². The highest BCUT2D eigenvalue weighted by atomic mass is 79.9. The number of nitrogens with one attached hydrogen (secondary N) is 2. The number of amides is 3. The van der Waals surface area contributed by atoms with Crippen LogP contribution in [0.15, 0.2) is 27.8 Å². The van der Waals surface area contributed by atoms with Gasteiger partial charge < -0.3 is 5.32 Å². The number of imide groups is 1. The summed E-state index contributed by atoms with van der Waals surface area (Å²) in [6.07, 6.45) is 2.97. The Labute approximate surface area is 129 Å². The van der Waals surface area contributed by atoms with Gasteiger partial charge in [0.25, 0.3) is 5.91 Å². The van der Waals surface area contributed by atoms with Crippen LogP contribution in [0.5, 0.6) is 0 Å². The van der Waals surface area contributed by atoms with E-state index in [9.17, 15) is 18.0 Å². The van der Waals surface area contributed by atoms with Crippen molar-refractivity contribution in [3.05, 3.63) is 22.9 Å². The van der Waals surface area contributed by atoms with Crippen LogP contribution in [-0.4, -0.2) is 48.3 Å². The van der Waals surface area contributed by atoms with E-state index in [4.69, 9.17) is 0 Å². The molecule has 2 fully saturated rings. The number of halogens is 1. The number of sulfonamides is 1. The maximum Gasteiger partial charge on any atom is 0.322 e. The number of pyridine rings is 1. The molecule has 0 aliphatic carbocycles. The van der Waals surface area contributed by atoms with Crippen molar-refractivity contribution < 1.29 is 18.0 Å². The first kappa shape index (κ1) is 14.4. The lowest BCUT2D eigenvalue weighted by Crippen LogP contribution is -2.49. The van der Waals surface area contributed by atoms with Crippen LogP contribution in [0.4, 0.5) is 4.79 Å². The minimum atomic E-state index is -3.76. The summed E-state index contributed by atoms with van der Waals surface area (Å²) >= 11 is 3.17. The minimum Gasteiger partial charge on any atom is -0.322 e. The molecule has 2 saturated heterocycles. The van der Waals surface area contributed by atoms with Crippen LogP contribution in [0, 0.1) is 0 Å². The van der Waals surface area contributed by atoms with Crippen LogP contribution in [0.1, 0.15) is 6.42 Å². The van der Waals surface area contributed by atoms with Crippen LogP contribution >= 0.6 is 15.9 Å². The van der Waals surface area contributed by atoms with Gasteiger partial charge in [0.05, 0.1) is 0 Å². The standard InChI is InChI=1S/C11H11BrN4O4S/c12-7-3-8(5-13-4-7)21(19,20)16-2-1-11(6-16)9(17)14-10(18)15-11/h3-5H,1-2,6H2,(H2,14,15,17,18). The average molecular weight is 375 g/mol. The molecule has 1 aromatic heterocycles. The van der Waals surface area contributed by atoms with E-state index in [1.54, 1.807) is 0 Å². The van der Waals surface area contributed by atoms with E-state index < -0.39 is 27.5 Å². The second-order valence-corrected chi connectivity index (χ2v) is 7.77. The second-order valence-electron chi connectivity index (χ2n) is 4.92. The number of carbonyl (C=O) groups excluding carboxylic acids is 2. The van der Waals surface area contributed by atoms with Gasteiger partial charge in [-0.05, 0) is 28.4 Å². The number of rotatable bonds is 2. The van der Waals surface area contributed by atoms with Gasteiger partial charge in [-0.2, -0.15) is 4.31 Å². The van der Waals surface area contributed by atoms with Crippen molar-refractivity contribution >= 4 is 37.9 Å². The molecule has 0 saturated carbocycles. The third-order valence-electron chi connectivity index (χ3n) is 3.57. The highest BCUT2D eigenvalue weighted by Crippen LogP contribution is 2.29. The first-order valence-corrected chi connectivity index (χ1v) is 8.31. The van der Waals surface area contributed by atoms with E-state index in [2.05, 4.69) is 31.5 Å². The van der Waals surface area contributed by atoms with Crippen LogP contribution < -0.4 is 10.6 Å². The molecule has 3 rings (SSSR count). The van der Waals surface area contributed by atoms with Gasteiger partial charge in [0.15, 0.2) is 0 Å². The normalized spacial score (nSPS) is 26.1. The Morgan fingerprint density at radius 1 is 1.33 bits per heavy atom. The fourth-order valence-electron chi connectivity index (χ4n) is 2.48. The summed E-state index contributed by atoms with van der Waals surface area (Å²) < 4.78 is 26.8. The molecule has 2 aliphatic heterocycles. The summed E-state index contributed by atoms with van der Waals surface area (Å²) in [5.41, 5.74) is -1.16. The Balaban J connectivity index is 1.89. The maximum absolute atomic E-state index is 12.5. The Bertz CT molecular complexity index is 737. The van der Waals surface area contributed by atoms with Crippen molar-refractivity contribution in [3.63, 3.8) is 0 Å². The highest BCUT2D eigenvalue weighted by molar-refractivity contribution is 9.10. The van der Waals surface area contributed by atoms with Gasteiger partial charge in [-0.1, -0.05) is 0 Å². The number of urea groups is 1. The van der Waals surface area contributed by atoms with Gasteiger partial charge in [-0.25, -0.2) is 13.2 Å². The molecule has 10 heteroatoms. The molecule has 1 atom stereocenters. The van der Waals surface area contributed by atoms with Gasteiger partial charge in [0.1, 0.15) is 10.4 Å². The highest BCUT2D eigenvalue weighted by Gasteiger charge is 2.53. The predicted octanol–water partition coefficient (Wildman–Crippen LogP) is -0.183. The number of carbonyl (C=O) groups is 2. The molecule has 1 unspecified atom stereocenters. The first-order chi connectivity index (χ1) is 9.83. The summed E-state index contributed by atoms with van der Waals surface area (Å²) in [7, 11) is -3.76. The Morgan fingerprint density at radius 3 is 2.71 bits per heavy atom. The molecule has 0 bridgehead atoms. The van der Waals surface area contributed by atoms with Gasteiger partial charge >= 0.3 is 6.03 Å². The van der Waals surface area contributed by atoms with Crippen molar-refractivity contribution in [2.24, 2.45) is 0 Å². The van der Waals surface area contributed by atoms with E-state index >= 15 is 0 Å². The van der Waals surface area contributed by atoms with Crippen molar-refractivity contribution in [1.82, 2.24) is 19.9 Å². The summed E-state index contributed by atoms with van der Waals surface area (Å²) in [6.45, 7) is 0.0714. The minimum absolute atomic E-state index is 0.0404. The molecular formula is C11H11BrN4O4S. The SMILES string of the molecule is O=C1NC(=O)C2(CCN(S(=O)(=O)c3cncc(Br)c3)C2)N1. The molecule has 112 valence electrons.